The molecule has 0 unspecified atom stereocenters. The Bertz CT molecular complexity index is 701. The number of rotatable bonds is 4. The Morgan fingerprint density at radius 2 is 1.55 bits per heavy atom. The van der Waals surface area contributed by atoms with Crippen molar-refractivity contribution >= 4 is 9.84 Å². The average Bonchev–Trinajstić information content (AvgIpc) is 2.38. The summed E-state index contributed by atoms with van der Waals surface area (Å²) in [4.78, 5) is 0.384. The van der Waals surface area contributed by atoms with Crippen LogP contribution in [-0.2, 0) is 22.2 Å². The molecule has 0 fully saturated rings. The summed E-state index contributed by atoms with van der Waals surface area (Å²) in [6, 6.07) is 12.3. The van der Waals surface area contributed by atoms with Crippen LogP contribution >= 0.6 is 0 Å². The first-order valence-electron chi connectivity index (χ1n) is 6.41. The first-order chi connectivity index (χ1) is 9.42. The van der Waals surface area contributed by atoms with Gasteiger partial charge in [-0.1, -0.05) is 42.0 Å². The number of hydrogen-bond acceptors (Lipinski definition) is 3. The van der Waals surface area contributed by atoms with E-state index in [1.165, 1.54) is 0 Å². The van der Waals surface area contributed by atoms with Crippen molar-refractivity contribution in [1.29, 1.82) is 0 Å². The molecule has 1 N–H and O–H groups in total. The second-order valence-corrected chi connectivity index (χ2v) is 6.96. The van der Waals surface area contributed by atoms with Crippen molar-refractivity contribution in [2.45, 2.75) is 31.1 Å². The maximum Gasteiger partial charge on any atom is 0.182 e. The first kappa shape index (κ1) is 14.8. The Balaban J connectivity index is 2.30. The van der Waals surface area contributed by atoms with Gasteiger partial charge in [0, 0.05) is 0 Å². The highest BCUT2D eigenvalue weighted by Crippen LogP contribution is 2.21. The summed E-state index contributed by atoms with van der Waals surface area (Å²) in [7, 11) is -3.34. The smallest absolute Gasteiger partial charge is 0.182 e. The van der Waals surface area contributed by atoms with Gasteiger partial charge in [-0.25, -0.2) is 8.42 Å². The molecule has 0 aromatic heterocycles. The topological polar surface area (TPSA) is 54.4 Å². The lowest BCUT2D eigenvalue weighted by molar-refractivity contribution is 0.282. The van der Waals surface area contributed by atoms with E-state index in [1.54, 1.807) is 30.3 Å². The largest absolute Gasteiger partial charge is 0.392 e. The highest BCUT2D eigenvalue weighted by Gasteiger charge is 2.17. The van der Waals surface area contributed by atoms with Gasteiger partial charge in [-0.05, 0) is 36.6 Å². The zero-order valence-electron chi connectivity index (χ0n) is 11.6. The van der Waals surface area contributed by atoms with E-state index in [-0.39, 0.29) is 12.4 Å². The SMILES string of the molecule is Cc1ccc(S(=O)(=O)Cc2ccc(CO)cc2)c(C)c1. The molecule has 0 spiro atoms. The maximum absolute atomic E-state index is 12.4. The fourth-order valence-electron chi connectivity index (χ4n) is 2.19. The van der Waals surface area contributed by atoms with E-state index >= 15 is 0 Å². The Morgan fingerprint density at radius 1 is 0.950 bits per heavy atom. The molecule has 0 aliphatic heterocycles. The van der Waals surface area contributed by atoms with Gasteiger partial charge in [0.05, 0.1) is 17.3 Å². The molecule has 4 heteroatoms. The van der Waals surface area contributed by atoms with Crippen LogP contribution in [0.3, 0.4) is 0 Å². The van der Waals surface area contributed by atoms with Gasteiger partial charge in [0.2, 0.25) is 0 Å². The van der Waals surface area contributed by atoms with Gasteiger partial charge in [-0.15, -0.1) is 0 Å². The van der Waals surface area contributed by atoms with Gasteiger partial charge in [0.1, 0.15) is 0 Å². The molecule has 3 nitrogen and oxygen atoms in total. The molecular weight excluding hydrogens is 272 g/mol. The molecule has 0 saturated heterocycles. The lowest BCUT2D eigenvalue weighted by Gasteiger charge is -2.09. The highest BCUT2D eigenvalue weighted by molar-refractivity contribution is 7.90. The maximum atomic E-state index is 12.4. The van der Waals surface area contributed by atoms with Crippen molar-refractivity contribution in [1.82, 2.24) is 0 Å². The van der Waals surface area contributed by atoms with Crippen LogP contribution in [0.2, 0.25) is 0 Å². The van der Waals surface area contributed by atoms with Gasteiger partial charge in [-0.3, -0.25) is 0 Å². The zero-order chi connectivity index (χ0) is 14.8. The Kier molecular flexibility index (Phi) is 4.26. The lowest BCUT2D eigenvalue weighted by atomic mass is 10.2. The highest BCUT2D eigenvalue weighted by atomic mass is 32.2. The third kappa shape index (κ3) is 3.26. The van der Waals surface area contributed by atoms with Gasteiger partial charge >= 0.3 is 0 Å². The molecule has 0 saturated carbocycles. The van der Waals surface area contributed by atoms with Crippen LogP contribution in [0.4, 0.5) is 0 Å². The fraction of sp³-hybridized carbons (Fsp3) is 0.250. The molecule has 106 valence electrons. The van der Waals surface area contributed by atoms with Crippen LogP contribution in [0.25, 0.3) is 0 Å². The molecule has 0 amide bonds. The van der Waals surface area contributed by atoms with Gasteiger partial charge < -0.3 is 5.11 Å². The monoisotopic (exact) mass is 290 g/mol. The van der Waals surface area contributed by atoms with E-state index in [1.807, 2.05) is 26.0 Å². The molecule has 0 heterocycles. The van der Waals surface area contributed by atoms with Crippen LogP contribution in [0.5, 0.6) is 0 Å². The average molecular weight is 290 g/mol. The number of aliphatic hydroxyl groups is 1. The Morgan fingerprint density at radius 3 is 2.10 bits per heavy atom. The normalized spacial score (nSPS) is 11.6. The number of benzene rings is 2. The summed E-state index contributed by atoms with van der Waals surface area (Å²) in [5.41, 5.74) is 3.32. The van der Waals surface area contributed by atoms with E-state index in [9.17, 15) is 8.42 Å². The predicted octanol–water partition coefficient (Wildman–Crippen LogP) is 2.77. The van der Waals surface area contributed by atoms with E-state index in [0.29, 0.717) is 4.90 Å². The molecule has 2 rings (SSSR count). The minimum absolute atomic E-state index is 0.0252. The third-order valence-electron chi connectivity index (χ3n) is 3.23. The summed E-state index contributed by atoms with van der Waals surface area (Å²) in [5.74, 6) is -0.0252. The number of hydrogen-bond donors (Lipinski definition) is 1. The van der Waals surface area contributed by atoms with E-state index in [4.69, 9.17) is 5.11 Å². The summed E-state index contributed by atoms with van der Waals surface area (Å²) in [6.07, 6.45) is 0. The number of aliphatic hydroxyl groups excluding tert-OH is 1. The quantitative estimate of drug-likeness (QED) is 0.942. The summed E-state index contributed by atoms with van der Waals surface area (Å²) in [5, 5.41) is 8.98. The van der Waals surface area contributed by atoms with Crippen LogP contribution in [0, 0.1) is 13.8 Å². The molecule has 0 bridgehead atoms. The number of aryl methyl sites for hydroxylation is 2. The molecule has 20 heavy (non-hydrogen) atoms. The van der Waals surface area contributed by atoms with Gasteiger partial charge in [0.15, 0.2) is 9.84 Å². The van der Waals surface area contributed by atoms with Crippen LogP contribution in [0.15, 0.2) is 47.4 Å². The van der Waals surface area contributed by atoms with E-state index < -0.39 is 9.84 Å². The molecule has 0 radical (unpaired) electrons. The van der Waals surface area contributed by atoms with Crippen LogP contribution in [0.1, 0.15) is 22.3 Å². The second-order valence-electron chi connectivity index (χ2n) is 5.00. The third-order valence-corrected chi connectivity index (χ3v) is 5.07. The van der Waals surface area contributed by atoms with E-state index in [2.05, 4.69) is 0 Å². The van der Waals surface area contributed by atoms with Crippen molar-refractivity contribution in [2.24, 2.45) is 0 Å². The summed E-state index contributed by atoms with van der Waals surface area (Å²) in [6.45, 7) is 3.72. The number of sulfone groups is 1. The molecule has 0 aliphatic carbocycles. The van der Waals surface area contributed by atoms with Crippen LogP contribution in [-0.4, -0.2) is 13.5 Å². The Labute approximate surface area is 119 Å². The predicted molar refractivity (Wildman–Crippen MR) is 79.2 cm³/mol. The molecule has 2 aromatic rings. The minimum atomic E-state index is -3.34. The van der Waals surface area contributed by atoms with Crippen LogP contribution < -0.4 is 0 Å². The van der Waals surface area contributed by atoms with Gasteiger partial charge in [-0.2, -0.15) is 0 Å². The summed E-state index contributed by atoms with van der Waals surface area (Å²) >= 11 is 0. The lowest BCUT2D eigenvalue weighted by Crippen LogP contribution is -2.07. The fourth-order valence-corrected chi connectivity index (χ4v) is 3.80. The molecular formula is C16H18O3S. The molecule has 0 aliphatic rings. The minimum Gasteiger partial charge on any atom is -0.392 e. The van der Waals surface area contributed by atoms with Crippen molar-refractivity contribution in [3.63, 3.8) is 0 Å². The molecule has 0 atom stereocenters. The van der Waals surface area contributed by atoms with Crippen molar-refractivity contribution in [2.75, 3.05) is 0 Å². The van der Waals surface area contributed by atoms with E-state index in [0.717, 1.165) is 22.3 Å². The standard InChI is InChI=1S/C16H18O3S/c1-12-3-8-16(13(2)9-12)20(18,19)11-15-6-4-14(10-17)5-7-15/h3-9,17H,10-11H2,1-2H3. The van der Waals surface area contributed by atoms with Gasteiger partial charge in [0.25, 0.3) is 0 Å². The zero-order valence-corrected chi connectivity index (χ0v) is 12.4. The first-order valence-corrected chi connectivity index (χ1v) is 8.06. The molecule has 2 aromatic carbocycles. The van der Waals surface area contributed by atoms with Crippen molar-refractivity contribution < 1.29 is 13.5 Å². The van der Waals surface area contributed by atoms with Crippen molar-refractivity contribution in [3.8, 4) is 0 Å². The summed E-state index contributed by atoms with van der Waals surface area (Å²) < 4.78 is 24.9. The van der Waals surface area contributed by atoms with Crippen molar-refractivity contribution in [3.05, 3.63) is 64.7 Å². The second kappa shape index (κ2) is 5.77. The Hall–Kier alpha value is -1.65.